The molecule has 1 aliphatic heterocycles. The van der Waals surface area contributed by atoms with E-state index >= 15 is 0 Å². The lowest BCUT2D eigenvalue weighted by atomic mass is 10.0. The summed E-state index contributed by atoms with van der Waals surface area (Å²) >= 11 is 0. The number of nitrogens with two attached hydrogens (primary N) is 1. The summed E-state index contributed by atoms with van der Waals surface area (Å²) in [7, 11) is 0. The fourth-order valence-electron chi connectivity index (χ4n) is 1.90. The number of ether oxygens (including phenoxy) is 3. The van der Waals surface area contributed by atoms with E-state index in [0.29, 0.717) is 13.2 Å². The van der Waals surface area contributed by atoms with Crippen LogP contribution in [0.1, 0.15) is 26.7 Å². The van der Waals surface area contributed by atoms with Crippen LogP contribution in [0.25, 0.3) is 0 Å². The predicted molar refractivity (Wildman–Crippen MR) is 59.0 cm³/mol. The second-order valence-electron chi connectivity index (χ2n) is 4.18. The van der Waals surface area contributed by atoms with Gasteiger partial charge in [-0.3, -0.25) is 0 Å². The summed E-state index contributed by atoms with van der Waals surface area (Å²) in [6.07, 6.45) is 1.76. The third-order valence-corrected chi connectivity index (χ3v) is 2.43. The Labute approximate surface area is 96.2 Å². The van der Waals surface area contributed by atoms with Crippen LogP contribution < -0.4 is 5.73 Å². The van der Waals surface area contributed by atoms with Crippen molar-refractivity contribution < 1.29 is 19.0 Å². The van der Waals surface area contributed by atoms with Crippen molar-refractivity contribution in [1.29, 1.82) is 0 Å². The highest BCUT2D eigenvalue weighted by Gasteiger charge is 2.27. The van der Waals surface area contributed by atoms with E-state index in [1.54, 1.807) is 0 Å². The van der Waals surface area contributed by atoms with Crippen molar-refractivity contribution in [2.75, 3.05) is 19.8 Å². The zero-order valence-corrected chi connectivity index (χ0v) is 9.98. The van der Waals surface area contributed by atoms with E-state index in [9.17, 15) is 4.79 Å². The highest BCUT2D eigenvalue weighted by molar-refractivity contribution is 5.70. The van der Waals surface area contributed by atoms with E-state index in [1.807, 2.05) is 13.8 Å². The van der Waals surface area contributed by atoms with Crippen LogP contribution in [0.15, 0.2) is 0 Å². The first-order valence-electron chi connectivity index (χ1n) is 5.74. The summed E-state index contributed by atoms with van der Waals surface area (Å²) < 4.78 is 15.9. The van der Waals surface area contributed by atoms with Crippen molar-refractivity contribution in [3.63, 3.8) is 0 Å². The molecule has 0 aliphatic carbocycles. The van der Waals surface area contributed by atoms with Crippen molar-refractivity contribution >= 4 is 5.97 Å². The Bertz CT molecular complexity index is 212. The van der Waals surface area contributed by atoms with Crippen molar-refractivity contribution in [3.8, 4) is 0 Å². The quantitative estimate of drug-likeness (QED) is 0.550. The Morgan fingerprint density at radius 1 is 1.38 bits per heavy atom. The minimum atomic E-state index is -0.320. The third-order valence-electron chi connectivity index (χ3n) is 2.43. The number of rotatable bonds is 5. The van der Waals surface area contributed by atoms with Gasteiger partial charge in [0.05, 0.1) is 18.8 Å². The highest BCUT2D eigenvalue weighted by atomic mass is 16.6. The van der Waals surface area contributed by atoms with Crippen LogP contribution in [-0.2, 0) is 19.0 Å². The van der Waals surface area contributed by atoms with Crippen LogP contribution in [0.4, 0.5) is 0 Å². The standard InChI is InChI=1S/C11H21NO4/c1-8-5-10(6-9(2)15-8)16-11(13)7-14-4-3-12/h8-10H,3-7,12H2,1-2H3. The van der Waals surface area contributed by atoms with Gasteiger partial charge in [0.2, 0.25) is 0 Å². The molecule has 0 bridgehead atoms. The van der Waals surface area contributed by atoms with Gasteiger partial charge in [-0.05, 0) is 13.8 Å². The summed E-state index contributed by atoms with van der Waals surface area (Å²) in [5.41, 5.74) is 5.24. The normalized spacial score (nSPS) is 30.1. The van der Waals surface area contributed by atoms with Gasteiger partial charge in [0.25, 0.3) is 0 Å². The molecule has 0 spiro atoms. The number of hydrogen-bond donors (Lipinski definition) is 1. The first-order chi connectivity index (χ1) is 7.61. The second-order valence-corrected chi connectivity index (χ2v) is 4.18. The first kappa shape index (κ1) is 13.4. The monoisotopic (exact) mass is 231 g/mol. The number of hydrogen-bond acceptors (Lipinski definition) is 5. The van der Waals surface area contributed by atoms with Crippen LogP contribution in [0.3, 0.4) is 0 Å². The zero-order valence-electron chi connectivity index (χ0n) is 9.98. The Morgan fingerprint density at radius 2 is 2.00 bits per heavy atom. The molecule has 2 atom stereocenters. The molecular weight excluding hydrogens is 210 g/mol. The molecule has 5 nitrogen and oxygen atoms in total. The fraction of sp³-hybridized carbons (Fsp3) is 0.909. The van der Waals surface area contributed by atoms with Crippen molar-refractivity contribution in [1.82, 2.24) is 0 Å². The summed E-state index contributed by atoms with van der Waals surface area (Å²) in [6.45, 7) is 4.76. The molecule has 1 heterocycles. The average Bonchev–Trinajstić information content (AvgIpc) is 2.16. The smallest absolute Gasteiger partial charge is 0.332 e. The van der Waals surface area contributed by atoms with Crippen LogP contribution in [0, 0.1) is 0 Å². The predicted octanol–water partition coefficient (Wildman–Crippen LogP) is 0.461. The van der Waals surface area contributed by atoms with E-state index in [2.05, 4.69) is 0 Å². The summed E-state index contributed by atoms with van der Waals surface area (Å²) in [4.78, 5) is 11.4. The maximum Gasteiger partial charge on any atom is 0.332 e. The first-order valence-corrected chi connectivity index (χ1v) is 5.74. The minimum absolute atomic E-state index is 0.0165. The molecule has 0 aromatic rings. The molecule has 0 radical (unpaired) electrons. The Morgan fingerprint density at radius 3 is 2.56 bits per heavy atom. The molecule has 1 aliphatic rings. The maximum atomic E-state index is 11.4. The molecule has 1 fully saturated rings. The lowest BCUT2D eigenvalue weighted by Crippen LogP contribution is -2.36. The third kappa shape index (κ3) is 4.92. The molecule has 94 valence electrons. The van der Waals surface area contributed by atoms with E-state index < -0.39 is 0 Å². The highest BCUT2D eigenvalue weighted by Crippen LogP contribution is 2.21. The molecule has 1 rings (SSSR count). The maximum absolute atomic E-state index is 11.4. The second kappa shape index (κ2) is 6.83. The number of carbonyl (C=O) groups is 1. The molecule has 16 heavy (non-hydrogen) atoms. The van der Waals surface area contributed by atoms with Crippen molar-refractivity contribution in [2.24, 2.45) is 5.73 Å². The van der Waals surface area contributed by atoms with Crippen molar-refractivity contribution in [3.05, 3.63) is 0 Å². The van der Waals surface area contributed by atoms with Crippen LogP contribution in [0.5, 0.6) is 0 Å². The SMILES string of the molecule is CC1CC(OC(=O)COCCN)CC(C)O1. The van der Waals surface area contributed by atoms with Gasteiger partial charge >= 0.3 is 5.97 Å². The van der Waals surface area contributed by atoms with E-state index in [1.165, 1.54) is 0 Å². The number of carbonyl (C=O) groups excluding carboxylic acids is 1. The molecule has 2 unspecified atom stereocenters. The molecule has 1 saturated heterocycles. The lowest BCUT2D eigenvalue weighted by Gasteiger charge is -2.31. The van der Waals surface area contributed by atoms with E-state index in [0.717, 1.165) is 12.8 Å². The molecule has 2 N–H and O–H groups in total. The summed E-state index contributed by atoms with van der Waals surface area (Å²) in [5.74, 6) is -0.320. The molecule has 0 aromatic carbocycles. The minimum Gasteiger partial charge on any atom is -0.460 e. The van der Waals surface area contributed by atoms with Crippen LogP contribution >= 0.6 is 0 Å². The Hall–Kier alpha value is -0.650. The largest absolute Gasteiger partial charge is 0.460 e. The number of esters is 1. The topological polar surface area (TPSA) is 70.8 Å². The van der Waals surface area contributed by atoms with Gasteiger partial charge in [0.1, 0.15) is 12.7 Å². The molecule has 5 heteroatoms. The van der Waals surface area contributed by atoms with Gasteiger partial charge in [0, 0.05) is 19.4 Å². The average molecular weight is 231 g/mol. The lowest BCUT2D eigenvalue weighted by molar-refractivity contribution is -0.164. The van der Waals surface area contributed by atoms with E-state index in [4.69, 9.17) is 19.9 Å². The summed E-state index contributed by atoms with van der Waals surface area (Å²) in [6, 6.07) is 0. The van der Waals surface area contributed by atoms with Gasteiger partial charge < -0.3 is 19.9 Å². The molecule has 0 saturated carbocycles. The summed E-state index contributed by atoms with van der Waals surface area (Å²) in [5, 5.41) is 0. The van der Waals surface area contributed by atoms with E-state index in [-0.39, 0.29) is 30.9 Å². The fourth-order valence-corrected chi connectivity index (χ4v) is 1.90. The molecular formula is C11H21NO4. The van der Waals surface area contributed by atoms with Crippen LogP contribution in [-0.4, -0.2) is 44.0 Å². The van der Waals surface area contributed by atoms with Gasteiger partial charge in [-0.2, -0.15) is 0 Å². The molecule has 0 amide bonds. The van der Waals surface area contributed by atoms with Gasteiger partial charge in [-0.25, -0.2) is 4.79 Å². The van der Waals surface area contributed by atoms with Gasteiger partial charge in [-0.15, -0.1) is 0 Å². The Balaban J connectivity index is 2.22. The van der Waals surface area contributed by atoms with Gasteiger partial charge in [0.15, 0.2) is 0 Å². The van der Waals surface area contributed by atoms with Gasteiger partial charge in [-0.1, -0.05) is 0 Å². The van der Waals surface area contributed by atoms with Crippen LogP contribution in [0.2, 0.25) is 0 Å². The van der Waals surface area contributed by atoms with Crippen molar-refractivity contribution in [2.45, 2.75) is 45.0 Å². The zero-order chi connectivity index (χ0) is 12.0. The molecule has 0 aromatic heterocycles. The Kier molecular flexibility index (Phi) is 5.73.